The molecule has 5 heteroatoms. The van der Waals surface area contributed by atoms with Crippen molar-refractivity contribution in [3.63, 3.8) is 0 Å². The highest BCUT2D eigenvalue weighted by atomic mass is 19.4. The number of hydrogen-bond donors (Lipinski definition) is 1. The van der Waals surface area contributed by atoms with Crippen LogP contribution in [0.5, 0.6) is 0 Å². The Morgan fingerprint density at radius 3 is 2.36 bits per heavy atom. The van der Waals surface area contributed by atoms with Gasteiger partial charge < -0.3 is 10.1 Å². The molecular weight excluding hydrogens is 195 g/mol. The second-order valence-corrected chi connectivity index (χ2v) is 3.58. The molecule has 2 nitrogen and oxygen atoms in total. The lowest BCUT2D eigenvalue weighted by Gasteiger charge is -2.09. The molecule has 0 saturated carbocycles. The molecule has 0 bridgehead atoms. The van der Waals surface area contributed by atoms with Crippen LogP contribution in [0.15, 0.2) is 0 Å². The molecule has 0 saturated heterocycles. The summed E-state index contributed by atoms with van der Waals surface area (Å²) in [5.41, 5.74) is 0. The van der Waals surface area contributed by atoms with E-state index >= 15 is 0 Å². The van der Waals surface area contributed by atoms with Crippen LogP contribution >= 0.6 is 0 Å². The molecule has 86 valence electrons. The summed E-state index contributed by atoms with van der Waals surface area (Å²) in [7, 11) is 0. The zero-order chi connectivity index (χ0) is 11.0. The summed E-state index contributed by atoms with van der Waals surface area (Å²) >= 11 is 0. The van der Waals surface area contributed by atoms with E-state index in [-0.39, 0.29) is 6.54 Å². The first-order valence-electron chi connectivity index (χ1n) is 4.77. The fourth-order valence-corrected chi connectivity index (χ4v) is 0.818. The Morgan fingerprint density at radius 1 is 1.21 bits per heavy atom. The van der Waals surface area contributed by atoms with Crippen LogP contribution in [-0.4, -0.2) is 32.5 Å². The van der Waals surface area contributed by atoms with E-state index in [4.69, 9.17) is 4.74 Å². The molecule has 0 rings (SSSR count). The first-order chi connectivity index (χ1) is 6.42. The smallest absolute Gasteiger partial charge is 0.380 e. The summed E-state index contributed by atoms with van der Waals surface area (Å²) in [6.45, 7) is 5.61. The molecule has 1 N–H and O–H groups in total. The number of nitrogens with one attached hydrogen (secondary N) is 1. The Labute approximate surface area is 82.8 Å². The zero-order valence-corrected chi connectivity index (χ0v) is 8.66. The van der Waals surface area contributed by atoms with Crippen molar-refractivity contribution in [3.8, 4) is 0 Å². The van der Waals surface area contributed by atoms with Gasteiger partial charge in [0.1, 0.15) is 0 Å². The van der Waals surface area contributed by atoms with Crippen molar-refractivity contribution in [2.75, 3.05) is 26.3 Å². The van der Waals surface area contributed by atoms with Gasteiger partial charge in [-0.3, -0.25) is 0 Å². The summed E-state index contributed by atoms with van der Waals surface area (Å²) in [6.07, 6.45) is -4.84. The highest BCUT2D eigenvalue weighted by Crippen LogP contribution is 2.17. The molecule has 0 heterocycles. The highest BCUT2D eigenvalue weighted by molar-refractivity contribution is 4.54. The molecule has 0 amide bonds. The van der Waals surface area contributed by atoms with E-state index in [9.17, 15) is 13.2 Å². The second-order valence-electron chi connectivity index (χ2n) is 3.58. The Morgan fingerprint density at radius 2 is 1.86 bits per heavy atom. The molecule has 0 atom stereocenters. The van der Waals surface area contributed by atoms with E-state index in [1.54, 1.807) is 0 Å². The Balaban J connectivity index is 3.07. The van der Waals surface area contributed by atoms with Gasteiger partial charge >= 0.3 is 6.18 Å². The average Bonchev–Trinajstić information content (AvgIpc) is 2.00. The van der Waals surface area contributed by atoms with Crippen LogP contribution < -0.4 is 5.32 Å². The van der Waals surface area contributed by atoms with Gasteiger partial charge in [-0.2, -0.15) is 13.2 Å². The summed E-state index contributed by atoms with van der Waals surface area (Å²) in [5, 5.41) is 2.67. The van der Waals surface area contributed by atoms with E-state index in [0.717, 1.165) is 0 Å². The van der Waals surface area contributed by atoms with Crippen LogP contribution in [0.2, 0.25) is 0 Å². The number of hydrogen-bond acceptors (Lipinski definition) is 2. The minimum absolute atomic E-state index is 0.0332. The summed E-state index contributed by atoms with van der Waals surface area (Å²) < 4.78 is 40.2. The first kappa shape index (κ1) is 13.7. The molecule has 0 aliphatic heterocycles. The van der Waals surface area contributed by atoms with Crippen LogP contribution in [0.25, 0.3) is 0 Å². The molecule has 0 spiro atoms. The van der Waals surface area contributed by atoms with Crippen molar-refractivity contribution >= 4 is 0 Å². The van der Waals surface area contributed by atoms with Crippen molar-refractivity contribution < 1.29 is 17.9 Å². The quantitative estimate of drug-likeness (QED) is 0.655. The van der Waals surface area contributed by atoms with E-state index in [0.29, 0.717) is 25.7 Å². The fraction of sp³-hybridized carbons (Fsp3) is 1.00. The number of rotatable bonds is 7. The molecule has 0 aliphatic carbocycles. The zero-order valence-electron chi connectivity index (χ0n) is 8.66. The van der Waals surface area contributed by atoms with Crippen LogP contribution in [0.4, 0.5) is 13.2 Å². The van der Waals surface area contributed by atoms with E-state index in [1.165, 1.54) is 0 Å². The van der Waals surface area contributed by atoms with Crippen molar-refractivity contribution in [1.29, 1.82) is 0 Å². The first-order valence-corrected chi connectivity index (χ1v) is 4.77. The lowest BCUT2D eigenvalue weighted by Crippen LogP contribution is -2.25. The van der Waals surface area contributed by atoms with Gasteiger partial charge in [0, 0.05) is 19.7 Å². The van der Waals surface area contributed by atoms with Crippen molar-refractivity contribution in [1.82, 2.24) is 5.32 Å². The Kier molecular flexibility index (Phi) is 6.92. The normalized spacial score (nSPS) is 12.4. The van der Waals surface area contributed by atoms with E-state index in [1.807, 2.05) is 13.8 Å². The SMILES string of the molecule is CC(C)COCCNCCC(F)(F)F. The maximum atomic E-state index is 11.7. The van der Waals surface area contributed by atoms with Gasteiger partial charge in [0.2, 0.25) is 0 Å². The molecular formula is C9H18F3NO. The van der Waals surface area contributed by atoms with Crippen LogP contribution in [-0.2, 0) is 4.74 Å². The van der Waals surface area contributed by atoms with Crippen LogP contribution in [0.1, 0.15) is 20.3 Å². The molecule has 14 heavy (non-hydrogen) atoms. The van der Waals surface area contributed by atoms with Gasteiger partial charge in [-0.25, -0.2) is 0 Å². The third kappa shape index (κ3) is 11.7. The minimum Gasteiger partial charge on any atom is -0.380 e. The summed E-state index contributed by atoms with van der Waals surface area (Å²) in [6, 6.07) is 0. The summed E-state index contributed by atoms with van der Waals surface area (Å²) in [5.74, 6) is 0.463. The molecule has 0 fully saturated rings. The third-order valence-corrected chi connectivity index (χ3v) is 1.46. The lowest BCUT2D eigenvalue weighted by atomic mass is 10.2. The predicted octanol–water partition coefficient (Wildman–Crippen LogP) is 2.20. The van der Waals surface area contributed by atoms with Gasteiger partial charge in [0.15, 0.2) is 0 Å². The van der Waals surface area contributed by atoms with Crippen molar-refractivity contribution in [2.24, 2.45) is 5.92 Å². The maximum absolute atomic E-state index is 11.7. The van der Waals surface area contributed by atoms with E-state index < -0.39 is 12.6 Å². The average molecular weight is 213 g/mol. The minimum atomic E-state index is -4.06. The Hall–Kier alpha value is -0.290. The van der Waals surface area contributed by atoms with Crippen molar-refractivity contribution in [2.45, 2.75) is 26.4 Å². The number of ether oxygens (including phenoxy) is 1. The predicted molar refractivity (Wildman–Crippen MR) is 49.2 cm³/mol. The molecule has 0 aromatic rings. The van der Waals surface area contributed by atoms with Crippen LogP contribution in [0.3, 0.4) is 0 Å². The maximum Gasteiger partial charge on any atom is 0.390 e. The molecule has 0 unspecified atom stereocenters. The van der Waals surface area contributed by atoms with Gasteiger partial charge in [-0.05, 0) is 5.92 Å². The lowest BCUT2D eigenvalue weighted by molar-refractivity contribution is -0.133. The topological polar surface area (TPSA) is 21.3 Å². The number of halogens is 3. The molecule has 0 aromatic carbocycles. The largest absolute Gasteiger partial charge is 0.390 e. The standard InChI is InChI=1S/C9H18F3NO/c1-8(2)7-14-6-5-13-4-3-9(10,11)12/h8,13H,3-7H2,1-2H3. The third-order valence-electron chi connectivity index (χ3n) is 1.46. The van der Waals surface area contributed by atoms with Gasteiger partial charge in [0.25, 0.3) is 0 Å². The van der Waals surface area contributed by atoms with Crippen LogP contribution in [0, 0.1) is 5.92 Å². The highest BCUT2D eigenvalue weighted by Gasteiger charge is 2.25. The van der Waals surface area contributed by atoms with Gasteiger partial charge in [-0.15, -0.1) is 0 Å². The van der Waals surface area contributed by atoms with Gasteiger partial charge in [-0.1, -0.05) is 13.8 Å². The Bertz CT molecular complexity index is 137. The molecule has 0 radical (unpaired) electrons. The second kappa shape index (κ2) is 7.06. The van der Waals surface area contributed by atoms with E-state index in [2.05, 4.69) is 5.32 Å². The van der Waals surface area contributed by atoms with Gasteiger partial charge in [0.05, 0.1) is 13.0 Å². The van der Waals surface area contributed by atoms with Crippen molar-refractivity contribution in [3.05, 3.63) is 0 Å². The fourth-order valence-electron chi connectivity index (χ4n) is 0.818. The molecule has 0 aliphatic rings. The monoisotopic (exact) mass is 213 g/mol. The number of alkyl halides is 3. The summed E-state index contributed by atoms with van der Waals surface area (Å²) in [4.78, 5) is 0. The molecule has 0 aromatic heterocycles.